The second kappa shape index (κ2) is 7.71. The zero-order valence-corrected chi connectivity index (χ0v) is 14.9. The van der Waals surface area contributed by atoms with E-state index in [2.05, 4.69) is 34.5 Å². The van der Waals surface area contributed by atoms with Gasteiger partial charge in [0.2, 0.25) is 0 Å². The molecule has 3 nitrogen and oxygen atoms in total. The molecule has 1 N–H and O–H groups in total. The van der Waals surface area contributed by atoms with Gasteiger partial charge < -0.3 is 17.7 Å². The molecule has 130 valence electrons. The summed E-state index contributed by atoms with van der Waals surface area (Å²) in [4.78, 5) is 15.2. The number of halogens is 1. The van der Waals surface area contributed by atoms with Gasteiger partial charge in [0.25, 0.3) is 0 Å². The highest BCUT2D eigenvalue weighted by atomic mass is 35.5. The number of nitrogens with one attached hydrogen (secondary N) is 1. The minimum atomic E-state index is 0. The Bertz CT molecular complexity index is 607. The normalized spacial score (nSPS) is 25.7. The maximum Gasteiger partial charge on any atom is 0.162 e. The van der Waals surface area contributed by atoms with Crippen LogP contribution in [0.2, 0.25) is 0 Å². The van der Waals surface area contributed by atoms with Crippen LogP contribution in [-0.4, -0.2) is 29.9 Å². The fraction of sp³-hybridized carbons (Fsp3) is 0.550. The first-order valence-electron chi connectivity index (χ1n) is 9.09. The van der Waals surface area contributed by atoms with Crippen molar-refractivity contribution < 1.29 is 17.2 Å². The Morgan fingerprint density at radius 2 is 1.75 bits per heavy atom. The summed E-state index contributed by atoms with van der Waals surface area (Å²) in [7, 11) is 0. The number of hydrogen-bond acceptors (Lipinski definition) is 3. The molecule has 1 heterocycles. The molecule has 1 unspecified atom stereocenters. The number of ketones is 1. The van der Waals surface area contributed by atoms with Crippen molar-refractivity contribution in [1.82, 2.24) is 10.2 Å². The molecule has 1 aliphatic heterocycles. The minimum absolute atomic E-state index is 0. The number of Topliss-reactive ketones (excluding diaryl/α,β-unsaturated/α-hetero) is 1. The summed E-state index contributed by atoms with van der Waals surface area (Å²) in [6.07, 6.45) is 8.32. The van der Waals surface area contributed by atoms with Crippen molar-refractivity contribution in [3.63, 3.8) is 0 Å². The highest BCUT2D eigenvalue weighted by molar-refractivity contribution is 5.98. The van der Waals surface area contributed by atoms with E-state index in [-0.39, 0.29) is 12.4 Å². The van der Waals surface area contributed by atoms with Crippen molar-refractivity contribution in [1.29, 1.82) is 0 Å². The molecule has 2 aliphatic carbocycles. The smallest absolute Gasteiger partial charge is 0.162 e. The Balaban J connectivity index is 0.00000169. The molecule has 4 rings (SSSR count). The Kier molecular flexibility index (Phi) is 5.62. The number of hydrogen-bond donors (Lipinski definition) is 1. The lowest BCUT2D eigenvalue weighted by Gasteiger charge is -2.41. The van der Waals surface area contributed by atoms with E-state index in [0.29, 0.717) is 24.2 Å². The van der Waals surface area contributed by atoms with Crippen molar-refractivity contribution in [2.45, 2.75) is 56.9 Å². The average Bonchev–Trinajstić information content (AvgIpc) is 2.63. The summed E-state index contributed by atoms with van der Waals surface area (Å²) in [6, 6.07) is 11.2. The largest absolute Gasteiger partial charge is 1.00 e. The van der Waals surface area contributed by atoms with Crippen LogP contribution in [0.25, 0.3) is 0 Å². The van der Waals surface area contributed by atoms with E-state index in [0.717, 1.165) is 25.2 Å². The van der Waals surface area contributed by atoms with Gasteiger partial charge >= 0.3 is 0 Å². The van der Waals surface area contributed by atoms with Crippen LogP contribution in [0.5, 0.6) is 0 Å². The lowest BCUT2D eigenvalue weighted by Crippen LogP contribution is -3.00. The molecule has 24 heavy (non-hydrogen) atoms. The van der Waals surface area contributed by atoms with E-state index in [4.69, 9.17) is 0 Å². The molecule has 1 aromatic carbocycles. The van der Waals surface area contributed by atoms with Gasteiger partial charge in [-0.1, -0.05) is 49.6 Å². The van der Waals surface area contributed by atoms with Crippen molar-refractivity contribution in [3.8, 4) is 0 Å². The molecule has 1 atom stereocenters. The van der Waals surface area contributed by atoms with E-state index < -0.39 is 0 Å². The maximum atomic E-state index is 12.7. The molecular weight excluding hydrogens is 320 g/mol. The van der Waals surface area contributed by atoms with Crippen LogP contribution >= 0.6 is 0 Å². The van der Waals surface area contributed by atoms with Crippen LogP contribution < -0.4 is 17.7 Å². The molecular formula is C20H26ClN2O-. The molecule has 0 bridgehead atoms. The van der Waals surface area contributed by atoms with E-state index in [1.807, 2.05) is 6.07 Å². The first-order valence-corrected chi connectivity index (χ1v) is 9.09. The van der Waals surface area contributed by atoms with Crippen LogP contribution in [0.4, 0.5) is 0 Å². The van der Waals surface area contributed by atoms with E-state index in [1.165, 1.54) is 43.4 Å². The molecule has 0 saturated heterocycles. The third-order valence-corrected chi connectivity index (χ3v) is 5.80. The van der Waals surface area contributed by atoms with Crippen molar-refractivity contribution >= 4 is 5.78 Å². The van der Waals surface area contributed by atoms with Crippen molar-refractivity contribution in [2.24, 2.45) is 0 Å². The van der Waals surface area contributed by atoms with Gasteiger partial charge in [-0.25, -0.2) is 0 Å². The fourth-order valence-electron chi connectivity index (χ4n) is 4.44. The Labute approximate surface area is 150 Å². The summed E-state index contributed by atoms with van der Waals surface area (Å²) >= 11 is 0. The van der Waals surface area contributed by atoms with Crippen molar-refractivity contribution in [2.75, 3.05) is 13.2 Å². The van der Waals surface area contributed by atoms with Gasteiger partial charge in [-0.15, -0.1) is 0 Å². The van der Waals surface area contributed by atoms with Gasteiger partial charge in [0, 0.05) is 30.3 Å². The Morgan fingerprint density at radius 1 is 1.00 bits per heavy atom. The van der Waals surface area contributed by atoms with Gasteiger partial charge in [0.05, 0.1) is 6.67 Å². The molecule has 1 fully saturated rings. The fourth-order valence-corrected chi connectivity index (χ4v) is 4.44. The zero-order valence-electron chi connectivity index (χ0n) is 14.1. The predicted octanol–water partition coefficient (Wildman–Crippen LogP) is 0.587. The number of carbonyl (C=O) groups is 1. The maximum absolute atomic E-state index is 12.7. The molecule has 3 aliphatic rings. The summed E-state index contributed by atoms with van der Waals surface area (Å²) in [5.74, 6) is 0.698. The molecule has 0 spiro atoms. The summed E-state index contributed by atoms with van der Waals surface area (Å²) in [5, 5.41) is 3.58. The highest BCUT2D eigenvalue weighted by Gasteiger charge is 2.34. The van der Waals surface area contributed by atoms with Crippen LogP contribution in [0.15, 0.2) is 41.6 Å². The van der Waals surface area contributed by atoms with Crippen molar-refractivity contribution in [3.05, 3.63) is 47.2 Å². The molecule has 1 saturated carbocycles. The van der Waals surface area contributed by atoms with Crippen LogP contribution in [-0.2, 0) is 4.79 Å². The van der Waals surface area contributed by atoms with Crippen LogP contribution in [0, 0.1) is 0 Å². The molecule has 4 heteroatoms. The highest BCUT2D eigenvalue weighted by Crippen LogP contribution is 2.36. The number of nitrogens with zero attached hydrogens (tertiary/aromatic N) is 1. The molecule has 0 aromatic heterocycles. The first-order chi connectivity index (χ1) is 11.3. The molecule has 0 radical (unpaired) electrons. The first kappa shape index (κ1) is 17.5. The molecule has 1 aromatic rings. The van der Waals surface area contributed by atoms with E-state index in [1.54, 1.807) is 0 Å². The van der Waals surface area contributed by atoms with Gasteiger partial charge in [0.1, 0.15) is 0 Å². The average molecular weight is 346 g/mol. The van der Waals surface area contributed by atoms with Crippen LogP contribution in [0.3, 0.4) is 0 Å². The second-order valence-corrected chi connectivity index (χ2v) is 7.27. The summed E-state index contributed by atoms with van der Waals surface area (Å²) in [6.45, 7) is 1.78. The second-order valence-electron chi connectivity index (χ2n) is 7.27. The SMILES string of the molecule is O=C1CC(c2ccccc2)CC2=C1CN(C1CCCCC1)CN2.[Cl-]. The number of carbonyl (C=O) groups excluding carboxylic acids is 1. The lowest BCUT2D eigenvalue weighted by molar-refractivity contribution is -0.117. The van der Waals surface area contributed by atoms with Gasteiger partial charge in [-0.3, -0.25) is 9.69 Å². The quantitative estimate of drug-likeness (QED) is 0.851. The van der Waals surface area contributed by atoms with Gasteiger partial charge in [-0.2, -0.15) is 0 Å². The Morgan fingerprint density at radius 3 is 2.50 bits per heavy atom. The lowest BCUT2D eigenvalue weighted by atomic mass is 9.81. The third kappa shape index (κ3) is 3.52. The molecule has 0 amide bonds. The number of benzene rings is 1. The predicted molar refractivity (Wildman–Crippen MR) is 92.0 cm³/mol. The van der Waals surface area contributed by atoms with Gasteiger partial charge in [0.15, 0.2) is 5.78 Å². The monoisotopic (exact) mass is 345 g/mol. The van der Waals surface area contributed by atoms with Crippen LogP contribution in [0.1, 0.15) is 56.4 Å². The minimum Gasteiger partial charge on any atom is -1.00 e. The number of allylic oxidation sites excluding steroid dienone is 1. The summed E-state index contributed by atoms with van der Waals surface area (Å²) < 4.78 is 0. The van der Waals surface area contributed by atoms with E-state index in [9.17, 15) is 4.79 Å². The van der Waals surface area contributed by atoms with Gasteiger partial charge in [-0.05, 0) is 30.7 Å². The standard InChI is InChI=1S/C20H26N2O.ClH/c23-20-12-16(15-7-3-1-4-8-15)11-19-18(20)13-22(14-21-19)17-9-5-2-6-10-17;/h1,3-4,7-8,16-17,21H,2,5-6,9-14H2;1H/p-1. The number of rotatable bonds is 2. The summed E-state index contributed by atoms with van der Waals surface area (Å²) in [5.41, 5.74) is 3.57. The van der Waals surface area contributed by atoms with E-state index >= 15 is 0 Å². The third-order valence-electron chi connectivity index (χ3n) is 5.80. The topological polar surface area (TPSA) is 32.3 Å². The zero-order chi connectivity index (χ0) is 15.6. The Hall–Kier alpha value is -1.32.